The van der Waals surface area contributed by atoms with Gasteiger partial charge in [0.25, 0.3) is 0 Å². The number of hydrogen-bond acceptors (Lipinski definition) is 3. The van der Waals surface area contributed by atoms with Crippen LogP contribution in [0.15, 0.2) is 48.8 Å². The SMILES string of the molecule is Cc1cc(S(=O)(=O)NCc2ccco2)c(Br)cc1Br. The van der Waals surface area contributed by atoms with E-state index in [0.717, 1.165) is 10.0 Å². The van der Waals surface area contributed by atoms with E-state index in [2.05, 4.69) is 36.6 Å². The first kappa shape index (κ1) is 14.8. The second-order valence-electron chi connectivity index (χ2n) is 3.94. The van der Waals surface area contributed by atoms with Crippen LogP contribution in [-0.4, -0.2) is 8.42 Å². The average Bonchev–Trinajstić information content (AvgIpc) is 2.84. The quantitative estimate of drug-likeness (QED) is 0.840. The van der Waals surface area contributed by atoms with Crippen LogP contribution < -0.4 is 4.72 Å². The fourth-order valence-electron chi connectivity index (χ4n) is 1.49. The smallest absolute Gasteiger partial charge is 0.242 e. The first-order valence-electron chi connectivity index (χ1n) is 5.38. The lowest BCUT2D eigenvalue weighted by Crippen LogP contribution is -2.23. The number of aryl methyl sites for hydroxylation is 1. The summed E-state index contributed by atoms with van der Waals surface area (Å²) in [6, 6.07) is 6.75. The molecule has 0 aliphatic heterocycles. The summed E-state index contributed by atoms with van der Waals surface area (Å²) in [4.78, 5) is 0.208. The first-order valence-corrected chi connectivity index (χ1v) is 8.45. The molecule has 0 spiro atoms. The summed E-state index contributed by atoms with van der Waals surface area (Å²) in [6.45, 7) is 1.96. The summed E-state index contributed by atoms with van der Waals surface area (Å²) < 4.78 is 33.4. The van der Waals surface area contributed by atoms with Crippen molar-refractivity contribution in [3.05, 3.63) is 50.8 Å². The van der Waals surface area contributed by atoms with E-state index in [4.69, 9.17) is 4.42 Å². The fraction of sp³-hybridized carbons (Fsp3) is 0.167. The van der Waals surface area contributed by atoms with Gasteiger partial charge in [-0.15, -0.1) is 0 Å². The second-order valence-corrected chi connectivity index (χ2v) is 7.38. The Bertz CT molecular complexity index is 681. The number of furan rings is 1. The van der Waals surface area contributed by atoms with Crippen molar-refractivity contribution in [2.24, 2.45) is 0 Å². The van der Waals surface area contributed by atoms with Crippen molar-refractivity contribution in [2.45, 2.75) is 18.4 Å². The number of benzene rings is 1. The zero-order valence-electron chi connectivity index (χ0n) is 9.98. The van der Waals surface area contributed by atoms with Crippen LogP contribution in [0.25, 0.3) is 0 Å². The summed E-state index contributed by atoms with van der Waals surface area (Å²) in [5.41, 5.74) is 0.849. The Balaban J connectivity index is 2.27. The summed E-state index contributed by atoms with van der Waals surface area (Å²) in [7, 11) is -3.58. The predicted octanol–water partition coefficient (Wildman–Crippen LogP) is 3.59. The first-order chi connectivity index (χ1) is 8.90. The molecule has 1 N–H and O–H groups in total. The van der Waals surface area contributed by atoms with Crippen molar-refractivity contribution in [3.63, 3.8) is 0 Å². The standard InChI is InChI=1S/C12H11Br2NO3S/c1-8-5-12(11(14)6-10(8)13)19(16,17)15-7-9-3-2-4-18-9/h2-6,15H,7H2,1H3. The maximum Gasteiger partial charge on any atom is 0.242 e. The molecule has 0 fully saturated rings. The number of halogens is 2. The fourth-order valence-corrected chi connectivity index (χ4v) is 4.26. The molecular weight excluding hydrogens is 398 g/mol. The normalized spacial score (nSPS) is 11.7. The minimum Gasteiger partial charge on any atom is -0.468 e. The number of nitrogens with one attached hydrogen (secondary N) is 1. The van der Waals surface area contributed by atoms with E-state index in [9.17, 15) is 8.42 Å². The average molecular weight is 409 g/mol. The topological polar surface area (TPSA) is 59.3 Å². The van der Waals surface area contributed by atoms with Crippen molar-refractivity contribution in [1.29, 1.82) is 0 Å². The van der Waals surface area contributed by atoms with Crippen molar-refractivity contribution in [1.82, 2.24) is 4.72 Å². The van der Waals surface area contributed by atoms with Crippen LogP contribution in [0.5, 0.6) is 0 Å². The Kier molecular flexibility index (Phi) is 4.50. The highest BCUT2D eigenvalue weighted by molar-refractivity contribution is 9.11. The molecule has 0 radical (unpaired) electrons. The van der Waals surface area contributed by atoms with Crippen LogP contribution in [0.1, 0.15) is 11.3 Å². The van der Waals surface area contributed by atoms with E-state index in [1.807, 2.05) is 6.92 Å². The van der Waals surface area contributed by atoms with Crippen molar-refractivity contribution < 1.29 is 12.8 Å². The molecule has 0 amide bonds. The third-order valence-electron chi connectivity index (χ3n) is 2.52. The lowest BCUT2D eigenvalue weighted by molar-refractivity contribution is 0.498. The Morgan fingerprint density at radius 1 is 1.26 bits per heavy atom. The van der Waals surface area contributed by atoms with E-state index >= 15 is 0 Å². The van der Waals surface area contributed by atoms with E-state index in [1.54, 1.807) is 24.3 Å². The predicted molar refractivity (Wildman–Crippen MR) is 79.3 cm³/mol. The third-order valence-corrected chi connectivity index (χ3v) is 5.73. The van der Waals surface area contributed by atoms with Gasteiger partial charge in [-0.1, -0.05) is 15.9 Å². The molecule has 1 heterocycles. The lowest BCUT2D eigenvalue weighted by Gasteiger charge is -2.09. The van der Waals surface area contributed by atoms with Crippen molar-refractivity contribution in [2.75, 3.05) is 0 Å². The molecule has 0 bridgehead atoms. The molecule has 0 saturated heterocycles. The minimum atomic E-state index is -3.58. The van der Waals surface area contributed by atoms with Crippen molar-refractivity contribution >= 4 is 41.9 Å². The number of sulfonamides is 1. The van der Waals surface area contributed by atoms with E-state index < -0.39 is 10.0 Å². The maximum absolute atomic E-state index is 12.2. The van der Waals surface area contributed by atoms with Crippen LogP contribution in [0, 0.1) is 6.92 Å². The Morgan fingerprint density at radius 2 is 2.00 bits per heavy atom. The van der Waals surface area contributed by atoms with Gasteiger partial charge in [0.05, 0.1) is 17.7 Å². The highest BCUT2D eigenvalue weighted by atomic mass is 79.9. The van der Waals surface area contributed by atoms with Gasteiger partial charge in [0, 0.05) is 8.95 Å². The van der Waals surface area contributed by atoms with Crippen LogP contribution in [0.3, 0.4) is 0 Å². The maximum atomic E-state index is 12.2. The highest BCUT2D eigenvalue weighted by Crippen LogP contribution is 2.28. The monoisotopic (exact) mass is 407 g/mol. The van der Waals surface area contributed by atoms with E-state index in [-0.39, 0.29) is 11.4 Å². The van der Waals surface area contributed by atoms with Gasteiger partial charge >= 0.3 is 0 Å². The molecule has 0 saturated carbocycles. The van der Waals surface area contributed by atoms with Gasteiger partial charge in [-0.05, 0) is 52.7 Å². The molecular formula is C12H11Br2NO3S. The molecule has 2 aromatic rings. The molecule has 19 heavy (non-hydrogen) atoms. The summed E-state index contributed by atoms with van der Waals surface area (Å²) in [5, 5.41) is 0. The molecule has 0 atom stereocenters. The van der Waals surface area contributed by atoms with Gasteiger partial charge in [0.1, 0.15) is 5.76 Å². The largest absolute Gasteiger partial charge is 0.468 e. The molecule has 0 unspecified atom stereocenters. The third kappa shape index (κ3) is 3.47. The molecule has 4 nitrogen and oxygen atoms in total. The summed E-state index contributed by atoms with van der Waals surface area (Å²) in [6.07, 6.45) is 1.50. The van der Waals surface area contributed by atoms with Crippen LogP contribution in [0.4, 0.5) is 0 Å². The highest BCUT2D eigenvalue weighted by Gasteiger charge is 2.19. The number of hydrogen-bond donors (Lipinski definition) is 1. The van der Waals surface area contributed by atoms with E-state index in [0.29, 0.717) is 10.2 Å². The number of rotatable bonds is 4. The Morgan fingerprint density at radius 3 is 2.63 bits per heavy atom. The molecule has 102 valence electrons. The minimum absolute atomic E-state index is 0.122. The van der Waals surface area contributed by atoms with Gasteiger partial charge in [-0.25, -0.2) is 13.1 Å². The molecule has 7 heteroatoms. The lowest BCUT2D eigenvalue weighted by atomic mass is 10.2. The van der Waals surface area contributed by atoms with Crippen LogP contribution in [0.2, 0.25) is 0 Å². The van der Waals surface area contributed by atoms with Gasteiger partial charge in [-0.2, -0.15) is 0 Å². The molecule has 2 rings (SSSR count). The van der Waals surface area contributed by atoms with Gasteiger partial charge < -0.3 is 4.42 Å². The van der Waals surface area contributed by atoms with Crippen molar-refractivity contribution in [3.8, 4) is 0 Å². The summed E-state index contributed by atoms with van der Waals surface area (Å²) >= 11 is 6.62. The Labute approximate surface area is 128 Å². The molecule has 0 aliphatic rings. The molecule has 0 aliphatic carbocycles. The molecule has 1 aromatic heterocycles. The Hall–Kier alpha value is -0.630. The zero-order chi connectivity index (χ0) is 14.0. The summed E-state index contributed by atoms with van der Waals surface area (Å²) in [5.74, 6) is 0.563. The van der Waals surface area contributed by atoms with Gasteiger partial charge in [-0.3, -0.25) is 0 Å². The van der Waals surface area contributed by atoms with Crippen LogP contribution in [-0.2, 0) is 16.6 Å². The second kappa shape index (κ2) is 5.78. The van der Waals surface area contributed by atoms with E-state index in [1.165, 1.54) is 6.26 Å². The zero-order valence-corrected chi connectivity index (χ0v) is 14.0. The van der Waals surface area contributed by atoms with Gasteiger partial charge in [0.15, 0.2) is 0 Å². The molecule has 1 aromatic carbocycles. The van der Waals surface area contributed by atoms with Gasteiger partial charge in [0.2, 0.25) is 10.0 Å². The van der Waals surface area contributed by atoms with Crippen LogP contribution >= 0.6 is 31.9 Å².